The van der Waals surface area contributed by atoms with Crippen LogP contribution in [0.15, 0.2) is 42.6 Å². The molecule has 3 N–H and O–H groups in total. The van der Waals surface area contributed by atoms with Crippen LogP contribution in [0.4, 0.5) is 0 Å². The minimum Gasteiger partial charge on any atom is -0.396 e. The third-order valence-electron chi connectivity index (χ3n) is 4.35. The summed E-state index contributed by atoms with van der Waals surface area (Å²) in [5.74, 6) is -0.427. The van der Waals surface area contributed by atoms with Gasteiger partial charge in [0.1, 0.15) is 0 Å². The number of aromatic nitrogens is 1. The normalized spacial score (nSPS) is 13.4. The number of Topliss-reactive ketones (excluding diaryl/α,β-unsaturated/α-hetero) is 1. The summed E-state index contributed by atoms with van der Waals surface area (Å²) in [4.78, 5) is 28.2. The predicted octanol–water partition coefficient (Wildman–Crippen LogP) is 2.75. The van der Waals surface area contributed by atoms with Crippen molar-refractivity contribution in [1.82, 2.24) is 10.3 Å². The number of aromatic amines is 1. The maximum absolute atomic E-state index is 12.6. The van der Waals surface area contributed by atoms with Crippen molar-refractivity contribution in [1.29, 1.82) is 0 Å². The van der Waals surface area contributed by atoms with E-state index in [9.17, 15) is 14.7 Å². The first-order valence-electron chi connectivity index (χ1n) is 9.07. The lowest BCUT2D eigenvalue weighted by molar-refractivity contribution is -0.125. The van der Waals surface area contributed by atoms with Crippen molar-refractivity contribution in [3.63, 3.8) is 0 Å². The summed E-state index contributed by atoms with van der Waals surface area (Å²) >= 11 is 0. The Hall–Kier alpha value is -2.40. The van der Waals surface area contributed by atoms with Gasteiger partial charge in [-0.05, 0) is 42.2 Å². The van der Waals surface area contributed by atoms with E-state index in [0.717, 1.165) is 12.1 Å². The van der Waals surface area contributed by atoms with Crippen LogP contribution >= 0.6 is 0 Å². The molecule has 0 aliphatic rings. The first-order valence-corrected chi connectivity index (χ1v) is 9.07. The molecule has 1 heterocycles. The molecule has 0 aliphatic heterocycles. The average Bonchev–Trinajstić information content (AvgIpc) is 3.13. The Morgan fingerprint density at radius 3 is 2.31 bits per heavy atom. The molecule has 1 amide bonds. The zero-order chi connectivity index (χ0) is 19.1. The van der Waals surface area contributed by atoms with Crippen molar-refractivity contribution in [3.05, 3.63) is 59.4 Å². The summed E-state index contributed by atoms with van der Waals surface area (Å²) in [5.41, 5.74) is 2.57. The van der Waals surface area contributed by atoms with Crippen molar-refractivity contribution < 1.29 is 14.7 Å². The van der Waals surface area contributed by atoms with E-state index in [1.54, 1.807) is 25.3 Å². The van der Waals surface area contributed by atoms with Gasteiger partial charge in [0.05, 0.1) is 12.6 Å². The van der Waals surface area contributed by atoms with Crippen LogP contribution in [0.25, 0.3) is 0 Å². The Balaban J connectivity index is 2.10. The number of aliphatic hydroxyl groups is 1. The summed E-state index contributed by atoms with van der Waals surface area (Å²) in [6.45, 7) is 5.73. The number of nitrogens with one attached hydrogen (secondary N) is 2. The molecule has 2 rings (SSSR count). The molecule has 0 aliphatic carbocycles. The molecule has 2 unspecified atom stereocenters. The minimum absolute atomic E-state index is 0.174. The van der Waals surface area contributed by atoms with Crippen molar-refractivity contribution >= 4 is 11.7 Å². The highest BCUT2D eigenvalue weighted by Crippen LogP contribution is 2.12. The monoisotopic (exact) mass is 356 g/mol. The predicted molar refractivity (Wildman–Crippen MR) is 102 cm³/mol. The summed E-state index contributed by atoms with van der Waals surface area (Å²) in [6.07, 6.45) is 3.11. The van der Waals surface area contributed by atoms with Gasteiger partial charge in [0.15, 0.2) is 5.78 Å². The Labute approximate surface area is 154 Å². The molecule has 0 fully saturated rings. The Kier molecular flexibility index (Phi) is 7.16. The molecular weight excluding hydrogens is 328 g/mol. The van der Waals surface area contributed by atoms with Gasteiger partial charge in [0, 0.05) is 29.8 Å². The van der Waals surface area contributed by atoms with Gasteiger partial charge in [0.25, 0.3) is 5.91 Å². The molecule has 140 valence electrons. The third kappa shape index (κ3) is 5.56. The molecular formula is C21H28N2O3. The van der Waals surface area contributed by atoms with Crippen LogP contribution in [0.1, 0.15) is 42.4 Å². The van der Waals surface area contributed by atoms with Crippen molar-refractivity contribution in [2.24, 2.45) is 11.8 Å². The van der Waals surface area contributed by atoms with Gasteiger partial charge in [-0.15, -0.1) is 0 Å². The number of carbonyl (C=O) groups excluding carboxylic acids is 2. The molecule has 1 aromatic carbocycles. The summed E-state index contributed by atoms with van der Waals surface area (Å²) in [5, 5.41) is 12.1. The number of ketones is 1. The quantitative estimate of drug-likeness (QED) is 0.646. The highest BCUT2D eigenvalue weighted by molar-refractivity contribution is 5.98. The number of benzene rings is 1. The molecule has 0 saturated heterocycles. The Bertz CT molecular complexity index is 705. The summed E-state index contributed by atoms with van der Waals surface area (Å²) < 4.78 is 0. The zero-order valence-corrected chi connectivity index (χ0v) is 15.7. The first-order chi connectivity index (χ1) is 12.4. The maximum atomic E-state index is 12.6. The first kappa shape index (κ1) is 19.9. The number of hydrogen-bond donors (Lipinski definition) is 3. The van der Waals surface area contributed by atoms with E-state index in [1.165, 1.54) is 5.56 Å². The van der Waals surface area contributed by atoms with Crippen LogP contribution in [0.5, 0.6) is 0 Å². The van der Waals surface area contributed by atoms with E-state index in [2.05, 4.69) is 24.1 Å². The number of rotatable bonds is 9. The molecule has 0 radical (unpaired) electrons. The highest BCUT2D eigenvalue weighted by Gasteiger charge is 2.26. The molecule has 2 aromatic rings. The summed E-state index contributed by atoms with van der Waals surface area (Å²) in [6, 6.07) is 10.5. The van der Waals surface area contributed by atoms with Gasteiger partial charge in [-0.25, -0.2) is 0 Å². The number of hydrogen-bond acceptors (Lipinski definition) is 3. The molecule has 26 heavy (non-hydrogen) atoms. The van der Waals surface area contributed by atoms with Gasteiger partial charge < -0.3 is 15.4 Å². The van der Waals surface area contributed by atoms with Crippen molar-refractivity contribution in [2.45, 2.75) is 39.7 Å². The van der Waals surface area contributed by atoms with Crippen LogP contribution in [0, 0.1) is 11.8 Å². The largest absolute Gasteiger partial charge is 0.396 e. The fourth-order valence-corrected chi connectivity index (χ4v) is 2.88. The molecule has 0 bridgehead atoms. The smallest absolute Gasteiger partial charge is 0.251 e. The summed E-state index contributed by atoms with van der Waals surface area (Å²) in [7, 11) is 0. The van der Waals surface area contributed by atoms with Crippen LogP contribution < -0.4 is 5.32 Å². The van der Waals surface area contributed by atoms with E-state index in [4.69, 9.17) is 0 Å². The van der Waals surface area contributed by atoms with Crippen LogP contribution in [0.2, 0.25) is 0 Å². The third-order valence-corrected chi connectivity index (χ3v) is 4.35. The van der Waals surface area contributed by atoms with Gasteiger partial charge in [-0.2, -0.15) is 0 Å². The van der Waals surface area contributed by atoms with Gasteiger partial charge in [-0.1, -0.05) is 32.9 Å². The SMILES string of the molecule is CC(C)Cc1ccc(C(=O)NC(Cc2ccc[nH]2)C(=O)C(C)CO)cc1. The zero-order valence-electron chi connectivity index (χ0n) is 15.7. The Morgan fingerprint density at radius 1 is 1.08 bits per heavy atom. The topological polar surface area (TPSA) is 82.2 Å². The van der Waals surface area contributed by atoms with E-state index in [1.807, 2.05) is 24.3 Å². The lowest BCUT2D eigenvalue weighted by Crippen LogP contribution is -2.45. The Morgan fingerprint density at radius 2 is 1.77 bits per heavy atom. The van der Waals surface area contributed by atoms with E-state index in [0.29, 0.717) is 17.9 Å². The van der Waals surface area contributed by atoms with E-state index < -0.39 is 12.0 Å². The lowest BCUT2D eigenvalue weighted by Gasteiger charge is -2.20. The maximum Gasteiger partial charge on any atom is 0.251 e. The second-order valence-corrected chi connectivity index (χ2v) is 7.21. The minimum atomic E-state index is -0.682. The van der Waals surface area contributed by atoms with Crippen molar-refractivity contribution in [2.75, 3.05) is 6.61 Å². The lowest BCUT2D eigenvalue weighted by atomic mass is 9.96. The van der Waals surface area contributed by atoms with Gasteiger partial charge in [-0.3, -0.25) is 9.59 Å². The highest BCUT2D eigenvalue weighted by atomic mass is 16.3. The fourth-order valence-electron chi connectivity index (χ4n) is 2.88. The molecule has 1 aromatic heterocycles. The van der Waals surface area contributed by atoms with E-state index in [-0.39, 0.29) is 18.3 Å². The van der Waals surface area contributed by atoms with Crippen molar-refractivity contribution in [3.8, 4) is 0 Å². The number of amides is 1. The standard InChI is InChI=1S/C21H28N2O3/c1-14(2)11-16-6-8-17(9-7-16)21(26)23-19(20(25)15(3)13-24)12-18-5-4-10-22-18/h4-10,14-15,19,22,24H,11-13H2,1-3H3,(H,23,26). The average molecular weight is 356 g/mol. The van der Waals surface area contributed by atoms with Crippen LogP contribution in [0.3, 0.4) is 0 Å². The molecule has 5 heteroatoms. The number of carbonyl (C=O) groups is 2. The van der Waals surface area contributed by atoms with Gasteiger partial charge in [0.2, 0.25) is 0 Å². The molecule has 0 spiro atoms. The fraction of sp³-hybridized carbons (Fsp3) is 0.429. The van der Waals surface area contributed by atoms with Gasteiger partial charge >= 0.3 is 0 Å². The molecule has 0 saturated carbocycles. The second-order valence-electron chi connectivity index (χ2n) is 7.21. The van der Waals surface area contributed by atoms with Crippen LogP contribution in [-0.4, -0.2) is 34.4 Å². The molecule has 5 nitrogen and oxygen atoms in total. The van der Waals surface area contributed by atoms with E-state index >= 15 is 0 Å². The number of H-pyrrole nitrogens is 1. The van der Waals surface area contributed by atoms with Crippen LogP contribution in [-0.2, 0) is 17.6 Å². The molecule has 2 atom stereocenters. The second kappa shape index (κ2) is 9.34. The number of aliphatic hydroxyl groups excluding tert-OH is 1.